The van der Waals surface area contributed by atoms with E-state index in [1.807, 2.05) is 30.3 Å². The summed E-state index contributed by atoms with van der Waals surface area (Å²) in [6.45, 7) is 0. The molecule has 6 heteroatoms. The lowest BCUT2D eigenvalue weighted by Gasteiger charge is -2.11. The third-order valence-corrected chi connectivity index (χ3v) is 5.51. The van der Waals surface area contributed by atoms with Crippen LogP contribution in [-0.4, -0.2) is 28.1 Å². The molecule has 3 aromatic carbocycles. The number of aromatic amines is 2. The smallest absolute Gasteiger partial charge is 0.254 e. The number of phenols is 1. The minimum atomic E-state index is -0.499. The molecule has 0 radical (unpaired) electrons. The van der Waals surface area contributed by atoms with Gasteiger partial charge in [0, 0.05) is 45.8 Å². The molecule has 0 spiro atoms. The molecule has 1 amide bonds. The molecular formula is C21H15N3O3. The summed E-state index contributed by atoms with van der Waals surface area (Å²) in [6.07, 6.45) is -0.499. The van der Waals surface area contributed by atoms with E-state index in [0.29, 0.717) is 5.56 Å². The quantitative estimate of drug-likeness (QED) is 0.365. The molecule has 3 heterocycles. The van der Waals surface area contributed by atoms with Gasteiger partial charge in [-0.3, -0.25) is 4.79 Å². The average Bonchev–Trinajstić information content (AvgIpc) is 3.32. The highest BCUT2D eigenvalue weighted by atomic mass is 16.5. The second-order valence-electron chi connectivity index (χ2n) is 6.90. The van der Waals surface area contributed by atoms with Gasteiger partial charge in [-0.2, -0.15) is 0 Å². The number of hydrogen-bond acceptors (Lipinski definition) is 3. The third-order valence-electron chi connectivity index (χ3n) is 5.51. The predicted molar refractivity (Wildman–Crippen MR) is 104 cm³/mol. The van der Waals surface area contributed by atoms with Crippen LogP contribution in [0, 0.1) is 0 Å². The maximum absolute atomic E-state index is 12.9. The summed E-state index contributed by atoms with van der Waals surface area (Å²) in [7, 11) is 1.60. The molecule has 0 aliphatic carbocycles. The van der Waals surface area contributed by atoms with Crippen molar-refractivity contribution in [2.45, 2.75) is 6.23 Å². The highest BCUT2D eigenvalue weighted by Crippen LogP contribution is 2.45. The van der Waals surface area contributed by atoms with Gasteiger partial charge in [-0.15, -0.1) is 0 Å². The fourth-order valence-corrected chi connectivity index (χ4v) is 4.44. The van der Waals surface area contributed by atoms with Gasteiger partial charge in [-0.25, -0.2) is 0 Å². The zero-order valence-electron chi connectivity index (χ0n) is 14.4. The van der Waals surface area contributed by atoms with Crippen LogP contribution in [-0.2, 0) is 4.74 Å². The van der Waals surface area contributed by atoms with E-state index in [-0.39, 0.29) is 11.7 Å². The molecule has 0 saturated carbocycles. The van der Waals surface area contributed by atoms with Crippen LogP contribution in [0.15, 0.2) is 42.5 Å². The van der Waals surface area contributed by atoms with Crippen molar-refractivity contribution < 1.29 is 14.6 Å². The summed E-state index contributed by atoms with van der Waals surface area (Å²) in [5.74, 6) is 0.0285. The van der Waals surface area contributed by atoms with Crippen molar-refractivity contribution in [1.82, 2.24) is 15.3 Å². The van der Waals surface area contributed by atoms with Crippen molar-refractivity contribution >= 4 is 49.5 Å². The Morgan fingerprint density at radius 2 is 1.70 bits per heavy atom. The van der Waals surface area contributed by atoms with Crippen molar-refractivity contribution in [2.75, 3.05) is 7.11 Å². The van der Waals surface area contributed by atoms with Crippen LogP contribution in [0.4, 0.5) is 0 Å². The van der Waals surface area contributed by atoms with Gasteiger partial charge < -0.3 is 25.1 Å². The molecule has 5 aromatic rings. The standard InChI is InChI=1S/C21H15N3O3/c1-27-21-17-15-10-4-2-3-5-12(10)22-19(15)18-14(16(17)20(26)24-21)11-7-6-9(25)8-13(11)23-18/h2-8,21-23,25H,1H3,(H,24,26)/t21-/m1/s1. The lowest BCUT2D eigenvalue weighted by Crippen LogP contribution is -2.20. The van der Waals surface area contributed by atoms with Gasteiger partial charge in [0.1, 0.15) is 5.75 Å². The zero-order chi connectivity index (χ0) is 18.3. The van der Waals surface area contributed by atoms with Gasteiger partial charge >= 0.3 is 0 Å². The van der Waals surface area contributed by atoms with Crippen molar-refractivity contribution in [1.29, 1.82) is 0 Å². The summed E-state index contributed by atoms with van der Waals surface area (Å²) >= 11 is 0. The molecule has 6 nitrogen and oxygen atoms in total. The van der Waals surface area contributed by atoms with E-state index in [2.05, 4.69) is 15.3 Å². The molecule has 2 aromatic heterocycles. The second kappa shape index (κ2) is 4.81. The first-order chi connectivity index (χ1) is 13.2. The van der Waals surface area contributed by atoms with Gasteiger partial charge in [-0.05, 0) is 18.2 Å². The van der Waals surface area contributed by atoms with E-state index in [1.54, 1.807) is 19.2 Å². The second-order valence-corrected chi connectivity index (χ2v) is 6.90. The van der Waals surface area contributed by atoms with Crippen molar-refractivity contribution in [3.63, 3.8) is 0 Å². The number of aromatic hydroxyl groups is 1. The number of para-hydroxylation sites is 1. The summed E-state index contributed by atoms with van der Waals surface area (Å²) in [5, 5.41) is 16.6. The van der Waals surface area contributed by atoms with E-state index in [1.165, 1.54) is 0 Å². The Kier molecular flexibility index (Phi) is 2.61. The molecule has 6 rings (SSSR count). The number of hydrogen-bond donors (Lipinski definition) is 4. The number of ether oxygens (including phenoxy) is 1. The SMILES string of the molecule is CO[C@H]1NC(=O)c2c1c1c3ccccc3[nH]c1c1[nH]c3cc(O)ccc3c21. The van der Waals surface area contributed by atoms with Crippen LogP contribution < -0.4 is 5.32 Å². The minimum Gasteiger partial charge on any atom is -0.508 e. The Morgan fingerprint density at radius 3 is 2.56 bits per heavy atom. The largest absolute Gasteiger partial charge is 0.508 e. The van der Waals surface area contributed by atoms with E-state index < -0.39 is 6.23 Å². The number of methoxy groups -OCH3 is 1. The number of rotatable bonds is 1. The van der Waals surface area contributed by atoms with Gasteiger partial charge in [0.25, 0.3) is 5.91 Å². The number of carbonyl (C=O) groups excluding carboxylic acids is 1. The molecular weight excluding hydrogens is 342 g/mol. The number of fused-ring (bicyclic) bond motifs is 10. The van der Waals surface area contributed by atoms with Gasteiger partial charge in [-0.1, -0.05) is 18.2 Å². The Bertz CT molecular complexity index is 1430. The van der Waals surface area contributed by atoms with E-state index in [4.69, 9.17) is 4.74 Å². The fraction of sp³-hybridized carbons (Fsp3) is 0.0952. The zero-order valence-corrected chi connectivity index (χ0v) is 14.4. The van der Waals surface area contributed by atoms with Crippen LogP contribution >= 0.6 is 0 Å². The van der Waals surface area contributed by atoms with E-state index >= 15 is 0 Å². The monoisotopic (exact) mass is 357 g/mol. The molecule has 27 heavy (non-hydrogen) atoms. The lowest BCUT2D eigenvalue weighted by atomic mass is 9.96. The van der Waals surface area contributed by atoms with Gasteiger partial charge in [0.2, 0.25) is 0 Å². The van der Waals surface area contributed by atoms with Crippen molar-refractivity contribution in [2.24, 2.45) is 0 Å². The molecule has 0 saturated heterocycles. The number of H-pyrrole nitrogens is 2. The average molecular weight is 357 g/mol. The molecule has 0 bridgehead atoms. The summed E-state index contributed by atoms with van der Waals surface area (Å²) in [4.78, 5) is 19.8. The Balaban J connectivity index is 1.96. The maximum Gasteiger partial charge on any atom is 0.254 e. The lowest BCUT2D eigenvalue weighted by molar-refractivity contribution is 0.0671. The summed E-state index contributed by atoms with van der Waals surface area (Å²) in [6, 6.07) is 13.2. The van der Waals surface area contributed by atoms with E-state index in [0.717, 1.165) is 49.2 Å². The van der Waals surface area contributed by atoms with Crippen molar-refractivity contribution in [3.8, 4) is 5.75 Å². The molecule has 4 N–H and O–H groups in total. The van der Waals surface area contributed by atoms with Gasteiger partial charge in [0.15, 0.2) is 6.23 Å². The Morgan fingerprint density at radius 1 is 0.963 bits per heavy atom. The molecule has 0 fully saturated rings. The van der Waals surface area contributed by atoms with Crippen molar-refractivity contribution in [3.05, 3.63) is 53.6 Å². The van der Waals surface area contributed by atoms with Crippen LogP contribution in [0.25, 0.3) is 43.6 Å². The number of nitrogens with one attached hydrogen (secondary N) is 3. The molecule has 1 aliphatic heterocycles. The Hall–Kier alpha value is -3.51. The molecule has 0 unspecified atom stereocenters. The number of phenolic OH excluding ortho intramolecular Hbond substituents is 1. The first-order valence-corrected chi connectivity index (χ1v) is 8.71. The number of carbonyl (C=O) groups is 1. The number of amides is 1. The van der Waals surface area contributed by atoms with Crippen LogP contribution in [0.3, 0.4) is 0 Å². The van der Waals surface area contributed by atoms with Crippen LogP contribution in [0.1, 0.15) is 22.1 Å². The van der Waals surface area contributed by atoms with E-state index in [9.17, 15) is 9.90 Å². The minimum absolute atomic E-state index is 0.150. The van der Waals surface area contributed by atoms with Crippen LogP contribution in [0.5, 0.6) is 5.75 Å². The number of benzene rings is 3. The highest BCUT2D eigenvalue weighted by Gasteiger charge is 2.35. The third kappa shape index (κ3) is 1.70. The topological polar surface area (TPSA) is 90.1 Å². The van der Waals surface area contributed by atoms with Gasteiger partial charge in [0.05, 0.1) is 22.1 Å². The maximum atomic E-state index is 12.9. The first-order valence-electron chi connectivity index (χ1n) is 8.71. The van der Waals surface area contributed by atoms with Crippen LogP contribution in [0.2, 0.25) is 0 Å². The highest BCUT2D eigenvalue weighted by molar-refractivity contribution is 6.30. The summed E-state index contributed by atoms with van der Waals surface area (Å²) < 4.78 is 5.60. The number of aromatic nitrogens is 2. The molecule has 1 atom stereocenters. The predicted octanol–water partition coefficient (Wildman–Crippen LogP) is 4.05. The molecule has 132 valence electrons. The first kappa shape index (κ1) is 14.6. The normalized spacial score (nSPS) is 16.6. The molecule has 1 aliphatic rings. The summed E-state index contributed by atoms with van der Waals surface area (Å²) in [5.41, 5.74) is 5.05. The fourth-order valence-electron chi connectivity index (χ4n) is 4.44. The Labute approximate surface area is 152 Å².